The summed E-state index contributed by atoms with van der Waals surface area (Å²) in [5, 5.41) is 2.68. The second-order valence-electron chi connectivity index (χ2n) is 7.43. The molecule has 0 aromatic heterocycles. The predicted octanol–water partition coefficient (Wildman–Crippen LogP) is -0.733. The summed E-state index contributed by atoms with van der Waals surface area (Å²) >= 11 is -0.617. The van der Waals surface area contributed by atoms with Gasteiger partial charge in [-0.25, -0.2) is 0 Å². The van der Waals surface area contributed by atoms with Gasteiger partial charge < -0.3 is 24.8 Å². The summed E-state index contributed by atoms with van der Waals surface area (Å²) in [6.07, 6.45) is 5.55. The van der Waals surface area contributed by atoms with Crippen molar-refractivity contribution in [2.24, 2.45) is 5.41 Å². The molecule has 0 bridgehead atoms. The number of benzene rings is 2. The zero-order valence-corrected chi connectivity index (χ0v) is 18.3. The monoisotopic (exact) mass is 410 g/mol. The fraction of sp³-hybridized carbons (Fsp3) is 0.333. The Balaban J connectivity index is 0.00000156. The predicted molar refractivity (Wildman–Crippen MR) is 95.3 cm³/mol. The fourth-order valence-electron chi connectivity index (χ4n) is 2.90. The molecular formula is C21H24Cl2OTi. The quantitative estimate of drug-likeness (QED) is 0.603. The minimum absolute atomic E-state index is 0. The molecule has 0 amide bonds. The van der Waals surface area contributed by atoms with Gasteiger partial charge in [0, 0.05) is 0 Å². The maximum Gasteiger partial charge on any atom is -1.00 e. The van der Waals surface area contributed by atoms with E-state index in [1.807, 2.05) is 0 Å². The van der Waals surface area contributed by atoms with E-state index in [0.717, 1.165) is 13.0 Å². The van der Waals surface area contributed by atoms with Crippen LogP contribution in [0.2, 0.25) is 0 Å². The second-order valence-corrected chi connectivity index (χ2v) is 8.98. The molecule has 0 aliphatic heterocycles. The molecule has 25 heavy (non-hydrogen) atoms. The van der Waals surface area contributed by atoms with Gasteiger partial charge in [-0.05, 0) is 0 Å². The Morgan fingerprint density at radius 3 is 2.40 bits per heavy atom. The largest absolute Gasteiger partial charge is 1.00 e. The Bertz CT molecular complexity index is 788. The van der Waals surface area contributed by atoms with Crippen molar-refractivity contribution in [1.82, 2.24) is 0 Å². The molecule has 2 aromatic rings. The third kappa shape index (κ3) is 5.45. The van der Waals surface area contributed by atoms with Gasteiger partial charge in [0.25, 0.3) is 0 Å². The summed E-state index contributed by atoms with van der Waals surface area (Å²) in [5.74, 6) is 0. The fourth-order valence-corrected chi connectivity index (χ4v) is 4.97. The molecule has 0 saturated heterocycles. The van der Waals surface area contributed by atoms with Crippen LogP contribution in [-0.2, 0) is 22.9 Å². The van der Waals surface area contributed by atoms with E-state index in [4.69, 9.17) is 3.32 Å². The molecule has 132 valence electrons. The molecule has 0 saturated carbocycles. The minimum atomic E-state index is -0.617. The average Bonchev–Trinajstić information content (AvgIpc) is 2.92. The number of hydrogen-bond acceptors (Lipinski definition) is 1. The molecule has 2 aromatic carbocycles. The molecule has 0 fully saturated rings. The number of fused-ring (bicyclic) bond motifs is 1. The number of allylic oxidation sites excluding steroid dienone is 4. The second kappa shape index (κ2) is 9.39. The van der Waals surface area contributed by atoms with Crippen molar-refractivity contribution in [1.29, 1.82) is 0 Å². The normalized spacial score (nSPS) is 13.4. The van der Waals surface area contributed by atoms with Crippen molar-refractivity contribution < 1.29 is 47.7 Å². The Labute approximate surface area is 173 Å². The average molecular weight is 411 g/mol. The summed E-state index contributed by atoms with van der Waals surface area (Å²) in [4.78, 5) is 0. The van der Waals surface area contributed by atoms with E-state index in [1.54, 1.807) is 0 Å². The number of hydrogen-bond donors (Lipinski definition) is 0. The van der Waals surface area contributed by atoms with E-state index < -0.39 is 19.5 Å². The van der Waals surface area contributed by atoms with Crippen LogP contribution in [0.1, 0.15) is 39.7 Å². The molecular weight excluding hydrogens is 387 g/mol. The first-order chi connectivity index (χ1) is 11.0. The Kier molecular flexibility index (Phi) is 8.44. The molecule has 0 radical (unpaired) electrons. The smallest absolute Gasteiger partial charge is 1.00 e. The minimum Gasteiger partial charge on any atom is -1.00 e. The topological polar surface area (TPSA) is 9.23 Å². The van der Waals surface area contributed by atoms with Gasteiger partial charge in [-0.3, -0.25) is 0 Å². The van der Waals surface area contributed by atoms with Gasteiger partial charge in [-0.1, -0.05) is 0 Å². The first-order valence-corrected chi connectivity index (χ1v) is 9.64. The van der Waals surface area contributed by atoms with Gasteiger partial charge in [-0.15, -0.1) is 0 Å². The summed E-state index contributed by atoms with van der Waals surface area (Å²) < 4.78 is 7.66. The summed E-state index contributed by atoms with van der Waals surface area (Å²) in [6.45, 7) is 9.74. The molecule has 3 rings (SSSR count). The molecule has 0 spiro atoms. The van der Waals surface area contributed by atoms with Crippen molar-refractivity contribution in [3.8, 4) is 0 Å². The van der Waals surface area contributed by atoms with E-state index >= 15 is 0 Å². The van der Waals surface area contributed by atoms with Crippen molar-refractivity contribution in [3.05, 3.63) is 59.7 Å². The van der Waals surface area contributed by atoms with Gasteiger partial charge >= 0.3 is 149 Å². The maximum absolute atomic E-state index is 6.21. The Morgan fingerprint density at radius 2 is 1.76 bits per heavy atom. The van der Waals surface area contributed by atoms with Crippen LogP contribution in [0.3, 0.4) is 0 Å². The molecule has 1 aliphatic rings. The first kappa shape index (κ1) is 22.5. The summed E-state index contributed by atoms with van der Waals surface area (Å²) in [6, 6.07) is 13.3. The van der Waals surface area contributed by atoms with E-state index in [2.05, 4.69) is 76.2 Å². The van der Waals surface area contributed by atoms with E-state index in [1.165, 1.54) is 31.4 Å². The molecule has 1 aliphatic carbocycles. The van der Waals surface area contributed by atoms with Crippen LogP contribution in [0.25, 0.3) is 16.3 Å². The number of rotatable bonds is 4. The standard InChI is InChI=1S/C16H13.C5H11O.2ClH.Ti/c1-12-5-4-8-16(12)15-10-9-13-6-2-3-7-14(13)11-15;1-5(2,3)4-6;;;/h2-7,9-10H,8H2,1H3;4H2,1-3H3;2*1H;/q;-1;;;+3/p-2. The molecule has 0 heterocycles. The zero-order chi connectivity index (χ0) is 16.4. The number of halogens is 2. The zero-order valence-electron chi connectivity index (χ0n) is 15.2. The Morgan fingerprint density at radius 1 is 1.04 bits per heavy atom. The van der Waals surface area contributed by atoms with Gasteiger partial charge in [0.1, 0.15) is 0 Å². The molecule has 1 nitrogen and oxygen atoms in total. The first-order valence-electron chi connectivity index (χ1n) is 8.22. The summed E-state index contributed by atoms with van der Waals surface area (Å²) in [5.41, 5.74) is 4.48. The van der Waals surface area contributed by atoms with E-state index in [9.17, 15) is 0 Å². The van der Waals surface area contributed by atoms with Crippen molar-refractivity contribution in [3.63, 3.8) is 0 Å². The van der Waals surface area contributed by atoms with Crippen molar-refractivity contribution >= 4 is 20.2 Å². The molecule has 0 unspecified atom stereocenters. The summed E-state index contributed by atoms with van der Waals surface area (Å²) in [7, 11) is 0. The van der Waals surface area contributed by atoms with Crippen LogP contribution in [0.4, 0.5) is 0 Å². The SMILES string of the molecule is CC1=C(c2ccc3ccccc3[c]2[Ti+2][O]CC(C)(C)C)CC=C1.[Cl-].[Cl-]. The van der Waals surface area contributed by atoms with Crippen LogP contribution in [0.15, 0.2) is 54.1 Å². The third-order valence-electron chi connectivity index (χ3n) is 4.10. The van der Waals surface area contributed by atoms with Crippen LogP contribution >= 0.6 is 0 Å². The van der Waals surface area contributed by atoms with Crippen LogP contribution in [0.5, 0.6) is 0 Å². The van der Waals surface area contributed by atoms with Gasteiger partial charge in [0.2, 0.25) is 0 Å². The maximum atomic E-state index is 6.21. The molecule has 0 N–H and O–H groups in total. The molecule has 4 heteroatoms. The Hall–Kier alpha value is -0.566. The van der Waals surface area contributed by atoms with Crippen molar-refractivity contribution in [2.75, 3.05) is 6.61 Å². The molecule has 0 atom stereocenters. The van der Waals surface area contributed by atoms with Gasteiger partial charge in [0.05, 0.1) is 0 Å². The van der Waals surface area contributed by atoms with Gasteiger partial charge in [-0.2, -0.15) is 0 Å². The third-order valence-corrected chi connectivity index (χ3v) is 5.71. The van der Waals surface area contributed by atoms with E-state index in [-0.39, 0.29) is 30.2 Å². The van der Waals surface area contributed by atoms with Gasteiger partial charge in [0.15, 0.2) is 0 Å². The van der Waals surface area contributed by atoms with E-state index in [0.29, 0.717) is 0 Å². The van der Waals surface area contributed by atoms with Crippen molar-refractivity contribution in [2.45, 2.75) is 34.1 Å². The van der Waals surface area contributed by atoms with Crippen LogP contribution in [0, 0.1) is 5.41 Å². The van der Waals surface area contributed by atoms with Crippen LogP contribution < -0.4 is 28.7 Å². The van der Waals surface area contributed by atoms with Crippen LogP contribution in [-0.4, -0.2) is 6.61 Å².